The maximum atomic E-state index is 6.16. The maximum Gasteiger partial charge on any atom is 0.0237 e. The molecule has 0 radical (unpaired) electrons. The summed E-state index contributed by atoms with van der Waals surface area (Å²) in [6.07, 6.45) is 5.03. The van der Waals surface area contributed by atoms with E-state index < -0.39 is 0 Å². The summed E-state index contributed by atoms with van der Waals surface area (Å²) in [5.74, 6) is 0. The first kappa shape index (κ1) is 12.6. The quantitative estimate of drug-likeness (QED) is 0.783. The van der Waals surface area contributed by atoms with Crippen molar-refractivity contribution < 1.29 is 0 Å². The average molecular weight is 232 g/mol. The van der Waals surface area contributed by atoms with Crippen molar-refractivity contribution in [1.82, 2.24) is 4.90 Å². The van der Waals surface area contributed by atoms with E-state index in [2.05, 4.69) is 42.2 Å². The van der Waals surface area contributed by atoms with Gasteiger partial charge in [-0.05, 0) is 24.8 Å². The Morgan fingerprint density at radius 3 is 2.59 bits per heavy atom. The highest BCUT2D eigenvalue weighted by Crippen LogP contribution is 2.28. The zero-order valence-corrected chi connectivity index (χ0v) is 10.8. The van der Waals surface area contributed by atoms with Crippen molar-refractivity contribution >= 4 is 0 Å². The highest BCUT2D eigenvalue weighted by atomic mass is 15.2. The van der Waals surface area contributed by atoms with Crippen molar-refractivity contribution in [2.24, 2.45) is 5.73 Å². The Kier molecular flexibility index (Phi) is 4.57. The summed E-state index contributed by atoms with van der Waals surface area (Å²) in [7, 11) is 0. The molecule has 2 heteroatoms. The molecule has 1 saturated carbocycles. The van der Waals surface area contributed by atoms with Crippen LogP contribution in [0.3, 0.4) is 0 Å². The van der Waals surface area contributed by atoms with E-state index in [0.29, 0.717) is 6.04 Å². The number of rotatable bonds is 7. The van der Waals surface area contributed by atoms with Crippen molar-refractivity contribution in [3.8, 4) is 0 Å². The minimum Gasteiger partial charge on any atom is -0.327 e. The third-order valence-corrected chi connectivity index (χ3v) is 3.42. The Bertz CT molecular complexity index is 319. The van der Waals surface area contributed by atoms with Crippen molar-refractivity contribution in [2.75, 3.05) is 6.54 Å². The van der Waals surface area contributed by atoms with Gasteiger partial charge in [0.25, 0.3) is 0 Å². The van der Waals surface area contributed by atoms with E-state index in [9.17, 15) is 0 Å². The number of nitrogens with zero attached hydrogens (tertiary/aromatic N) is 1. The van der Waals surface area contributed by atoms with Crippen molar-refractivity contribution in [3.05, 3.63) is 35.9 Å². The van der Waals surface area contributed by atoms with Gasteiger partial charge in [-0.15, -0.1) is 0 Å². The lowest BCUT2D eigenvalue weighted by Gasteiger charge is -2.25. The molecule has 1 aliphatic carbocycles. The molecule has 17 heavy (non-hydrogen) atoms. The zero-order valence-electron chi connectivity index (χ0n) is 10.8. The van der Waals surface area contributed by atoms with E-state index in [-0.39, 0.29) is 0 Å². The summed E-state index contributed by atoms with van der Waals surface area (Å²) in [6.45, 7) is 4.31. The van der Waals surface area contributed by atoms with Gasteiger partial charge in [0.2, 0.25) is 0 Å². The highest BCUT2D eigenvalue weighted by molar-refractivity contribution is 5.15. The molecule has 0 heterocycles. The summed E-state index contributed by atoms with van der Waals surface area (Å²) >= 11 is 0. The second-order valence-electron chi connectivity index (χ2n) is 5.19. The normalized spacial score (nSPS) is 17.4. The number of hydrogen-bond acceptors (Lipinski definition) is 2. The molecule has 0 unspecified atom stereocenters. The summed E-state index contributed by atoms with van der Waals surface area (Å²) in [5, 5.41) is 0. The van der Waals surface area contributed by atoms with Crippen LogP contribution in [0.4, 0.5) is 0 Å². The summed E-state index contributed by atoms with van der Waals surface area (Å²) in [6, 6.07) is 11.9. The fraction of sp³-hybridized carbons (Fsp3) is 0.600. The molecule has 1 aliphatic rings. The first-order chi connectivity index (χ1) is 8.29. The molecule has 1 fully saturated rings. The Morgan fingerprint density at radius 1 is 1.29 bits per heavy atom. The van der Waals surface area contributed by atoms with E-state index in [0.717, 1.165) is 25.6 Å². The molecule has 2 nitrogen and oxygen atoms in total. The van der Waals surface area contributed by atoms with Crippen LogP contribution in [0.5, 0.6) is 0 Å². The first-order valence-corrected chi connectivity index (χ1v) is 6.83. The Morgan fingerprint density at radius 2 is 2.00 bits per heavy atom. The minimum absolute atomic E-state index is 0.337. The van der Waals surface area contributed by atoms with Gasteiger partial charge < -0.3 is 5.73 Å². The lowest BCUT2D eigenvalue weighted by atomic mass is 10.1. The van der Waals surface area contributed by atoms with Gasteiger partial charge >= 0.3 is 0 Å². The molecule has 2 rings (SSSR count). The Labute approximate surface area is 105 Å². The highest BCUT2D eigenvalue weighted by Gasteiger charge is 2.29. The predicted molar refractivity (Wildman–Crippen MR) is 72.8 cm³/mol. The standard InChI is InChI=1S/C15H24N2/c1-2-6-14(16)12-17(15-9-10-15)11-13-7-4-3-5-8-13/h3-5,7-8,14-15H,2,6,9-12,16H2,1H3/t14-/m0/s1. The molecular weight excluding hydrogens is 208 g/mol. The van der Waals surface area contributed by atoms with Crippen LogP contribution in [0, 0.1) is 0 Å². The third-order valence-electron chi connectivity index (χ3n) is 3.42. The number of nitrogens with two attached hydrogens (primary N) is 1. The van der Waals surface area contributed by atoms with Gasteiger partial charge in [0, 0.05) is 25.2 Å². The largest absolute Gasteiger partial charge is 0.327 e. The van der Waals surface area contributed by atoms with Crippen molar-refractivity contribution in [1.29, 1.82) is 0 Å². The molecule has 0 spiro atoms. The summed E-state index contributed by atoms with van der Waals surface area (Å²) < 4.78 is 0. The van der Waals surface area contributed by atoms with E-state index >= 15 is 0 Å². The van der Waals surface area contributed by atoms with Gasteiger partial charge in [-0.2, -0.15) is 0 Å². The first-order valence-electron chi connectivity index (χ1n) is 6.83. The molecular formula is C15H24N2. The lowest BCUT2D eigenvalue weighted by molar-refractivity contribution is 0.234. The topological polar surface area (TPSA) is 29.3 Å². The van der Waals surface area contributed by atoms with Crippen LogP contribution in [0.15, 0.2) is 30.3 Å². The molecule has 0 aromatic heterocycles. The maximum absolute atomic E-state index is 6.16. The number of benzene rings is 1. The Hall–Kier alpha value is -0.860. The van der Waals surface area contributed by atoms with Crippen LogP contribution in [0.2, 0.25) is 0 Å². The molecule has 2 N–H and O–H groups in total. The lowest BCUT2D eigenvalue weighted by Crippen LogP contribution is -2.38. The molecule has 94 valence electrons. The monoisotopic (exact) mass is 232 g/mol. The molecule has 1 aromatic rings. The van der Waals surface area contributed by atoms with Gasteiger partial charge in [-0.3, -0.25) is 4.90 Å². The molecule has 1 aromatic carbocycles. The molecule has 0 saturated heterocycles. The van der Waals surface area contributed by atoms with E-state index in [1.807, 2.05) is 0 Å². The van der Waals surface area contributed by atoms with E-state index in [1.54, 1.807) is 0 Å². The van der Waals surface area contributed by atoms with Crippen LogP contribution in [0.25, 0.3) is 0 Å². The molecule has 0 amide bonds. The van der Waals surface area contributed by atoms with Crippen LogP contribution in [0.1, 0.15) is 38.2 Å². The van der Waals surface area contributed by atoms with Gasteiger partial charge in [-0.1, -0.05) is 43.7 Å². The zero-order chi connectivity index (χ0) is 12.1. The summed E-state index contributed by atoms with van der Waals surface area (Å²) in [5.41, 5.74) is 7.57. The number of hydrogen-bond donors (Lipinski definition) is 1. The van der Waals surface area contributed by atoms with Gasteiger partial charge in [0.15, 0.2) is 0 Å². The van der Waals surface area contributed by atoms with Crippen molar-refractivity contribution in [2.45, 2.75) is 51.2 Å². The second-order valence-corrected chi connectivity index (χ2v) is 5.19. The molecule has 0 bridgehead atoms. The van der Waals surface area contributed by atoms with Crippen molar-refractivity contribution in [3.63, 3.8) is 0 Å². The van der Waals surface area contributed by atoms with Crippen LogP contribution >= 0.6 is 0 Å². The van der Waals surface area contributed by atoms with Gasteiger partial charge in [0.05, 0.1) is 0 Å². The average Bonchev–Trinajstić information content (AvgIpc) is 3.14. The summed E-state index contributed by atoms with van der Waals surface area (Å²) in [4.78, 5) is 2.57. The Balaban J connectivity index is 1.89. The fourth-order valence-electron chi connectivity index (χ4n) is 2.36. The van der Waals surface area contributed by atoms with Crippen LogP contribution in [-0.2, 0) is 6.54 Å². The van der Waals surface area contributed by atoms with E-state index in [1.165, 1.54) is 24.8 Å². The predicted octanol–water partition coefficient (Wildman–Crippen LogP) is 2.78. The van der Waals surface area contributed by atoms with E-state index in [4.69, 9.17) is 5.73 Å². The fourth-order valence-corrected chi connectivity index (χ4v) is 2.36. The van der Waals surface area contributed by atoms with Crippen LogP contribution in [-0.4, -0.2) is 23.5 Å². The van der Waals surface area contributed by atoms with Crippen LogP contribution < -0.4 is 5.73 Å². The van der Waals surface area contributed by atoms with Gasteiger partial charge in [-0.25, -0.2) is 0 Å². The second kappa shape index (κ2) is 6.18. The molecule has 1 atom stereocenters. The van der Waals surface area contributed by atoms with Gasteiger partial charge in [0.1, 0.15) is 0 Å². The SMILES string of the molecule is CCC[C@H](N)CN(Cc1ccccc1)C1CC1. The third kappa shape index (κ3) is 4.14. The smallest absolute Gasteiger partial charge is 0.0237 e. The minimum atomic E-state index is 0.337. The molecule has 0 aliphatic heterocycles.